The summed E-state index contributed by atoms with van der Waals surface area (Å²) in [5.74, 6) is 3.06. The maximum Gasteiger partial charge on any atom is 0.275 e. The number of carbonyl (C=O) groups is 1. The molecule has 1 atom stereocenters. The molecular weight excluding hydrogens is 364 g/mol. The second-order valence-electron chi connectivity index (χ2n) is 5.97. The van der Waals surface area contributed by atoms with Crippen LogP contribution in [0.5, 0.6) is 5.88 Å². The van der Waals surface area contributed by atoms with Gasteiger partial charge >= 0.3 is 0 Å². The number of aromatic nitrogens is 3. The maximum absolute atomic E-state index is 12.4. The van der Waals surface area contributed by atoms with Crippen LogP contribution in [0.25, 0.3) is 0 Å². The Balaban J connectivity index is 1.73. The minimum atomic E-state index is -0.459. The standard InChI is InChI=1S/C18H18N6O2S/c1-3-5-26-15-11-21-14(10-22-15)16(25)23-13-7-12(8-20-9-13)18(2)4-6-27-17(19)24-18/h1,7-11H,4-6H2,2H3,(H2,19,24)(H,23,25)/t18-/m0/s1. The van der Waals surface area contributed by atoms with Gasteiger partial charge in [-0.3, -0.25) is 14.8 Å². The van der Waals surface area contributed by atoms with Crippen molar-refractivity contribution in [3.05, 3.63) is 42.1 Å². The highest BCUT2D eigenvalue weighted by Gasteiger charge is 2.30. The van der Waals surface area contributed by atoms with Gasteiger partial charge in [0.15, 0.2) is 11.8 Å². The van der Waals surface area contributed by atoms with E-state index in [-0.39, 0.29) is 18.2 Å². The fourth-order valence-electron chi connectivity index (χ4n) is 2.52. The van der Waals surface area contributed by atoms with E-state index in [1.54, 1.807) is 12.4 Å². The van der Waals surface area contributed by atoms with Crippen molar-refractivity contribution in [3.63, 3.8) is 0 Å². The van der Waals surface area contributed by atoms with Gasteiger partial charge in [-0.05, 0) is 25.0 Å². The number of aliphatic imine (C=N–C) groups is 1. The van der Waals surface area contributed by atoms with E-state index < -0.39 is 11.4 Å². The number of carbonyl (C=O) groups excluding carboxylic acids is 1. The van der Waals surface area contributed by atoms with Gasteiger partial charge in [0.05, 0.1) is 29.8 Å². The van der Waals surface area contributed by atoms with Crippen molar-refractivity contribution in [2.24, 2.45) is 10.7 Å². The van der Waals surface area contributed by atoms with Crippen molar-refractivity contribution in [3.8, 4) is 18.2 Å². The summed E-state index contributed by atoms with van der Waals surface area (Å²) in [5, 5.41) is 3.32. The highest BCUT2D eigenvalue weighted by atomic mass is 32.2. The third-order valence-corrected chi connectivity index (χ3v) is 4.77. The van der Waals surface area contributed by atoms with Crippen molar-refractivity contribution in [1.29, 1.82) is 0 Å². The lowest BCUT2D eigenvalue weighted by atomic mass is 9.91. The molecular formula is C18H18N6O2S. The molecule has 138 valence electrons. The van der Waals surface area contributed by atoms with Crippen molar-refractivity contribution >= 4 is 28.5 Å². The SMILES string of the molecule is C#CCOc1cnc(C(=O)Nc2cncc([C@]3(C)CCSC(N)=N3)c2)cn1. The number of thioether (sulfide) groups is 1. The lowest BCUT2D eigenvalue weighted by Crippen LogP contribution is -2.29. The molecule has 27 heavy (non-hydrogen) atoms. The van der Waals surface area contributed by atoms with Crippen LogP contribution in [0, 0.1) is 12.3 Å². The monoisotopic (exact) mass is 382 g/mol. The van der Waals surface area contributed by atoms with Gasteiger partial charge in [-0.25, -0.2) is 9.97 Å². The Morgan fingerprint density at radius 2 is 2.26 bits per heavy atom. The molecule has 0 unspecified atom stereocenters. The summed E-state index contributed by atoms with van der Waals surface area (Å²) in [5.41, 5.74) is 6.99. The summed E-state index contributed by atoms with van der Waals surface area (Å²) < 4.78 is 5.14. The van der Waals surface area contributed by atoms with E-state index in [0.29, 0.717) is 10.9 Å². The normalized spacial score (nSPS) is 18.9. The third-order valence-electron chi connectivity index (χ3n) is 3.98. The summed E-state index contributed by atoms with van der Waals surface area (Å²) in [7, 11) is 0. The Morgan fingerprint density at radius 3 is 2.96 bits per heavy atom. The van der Waals surface area contributed by atoms with Gasteiger partial charge in [0.25, 0.3) is 5.91 Å². The fourth-order valence-corrected chi connectivity index (χ4v) is 3.49. The van der Waals surface area contributed by atoms with Crippen molar-refractivity contribution in [2.45, 2.75) is 18.9 Å². The number of anilines is 1. The summed E-state index contributed by atoms with van der Waals surface area (Å²) in [4.78, 5) is 29.2. The Hall–Kier alpha value is -3.12. The first-order valence-corrected chi connectivity index (χ1v) is 9.12. The molecule has 0 bridgehead atoms. The van der Waals surface area contributed by atoms with Crippen LogP contribution in [0.3, 0.4) is 0 Å². The van der Waals surface area contributed by atoms with Crippen LogP contribution < -0.4 is 15.8 Å². The molecule has 3 N–H and O–H groups in total. The van der Waals surface area contributed by atoms with Gasteiger partial charge in [-0.1, -0.05) is 17.7 Å². The molecule has 0 fully saturated rings. The number of amides is 1. The zero-order valence-electron chi connectivity index (χ0n) is 14.7. The van der Waals surface area contributed by atoms with Gasteiger partial charge in [0, 0.05) is 11.9 Å². The van der Waals surface area contributed by atoms with Crippen molar-refractivity contribution < 1.29 is 9.53 Å². The smallest absolute Gasteiger partial charge is 0.275 e. The highest BCUT2D eigenvalue weighted by molar-refractivity contribution is 8.13. The number of amidine groups is 1. The lowest BCUT2D eigenvalue weighted by Gasteiger charge is -2.29. The second-order valence-corrected chi connectivity index (χ2v) is 7.09. The molecule has 2 aromatic heterocycles. The zero-order valence-corrected chi connectivity index (χ0v) is 15.5. The minimum absolute atomic E-state index is 0.0863. The first-order chi connectivity index (χ1) is 13.0. The van der Waals surface area contributed by atoms with E-state index in [9.17, 15) is 4.79 Å². The Bertz CT molecular complexity index is 909. The predicted octanol–water partition coefficient (Wildman–Crippen LogP) is 1.80. The van der Waals surface area contributed by atoms with E-state index in [4.69, 9.17) is 16.9 Å². The van der Waals surface area contributed by atoms with E-state index in [0.717, 1.165) is 17.7 Å². The second kappa shape index (κ2) is 8.05. The van der Waals surface area contributed by atoms with Gasteiger partial charge in [0.1, 0.15) is 5.69 Å². The van der Waals surface area contributed by atoms with Crippen LogP contribution in [0.15, 0.2) is 35.8 Å². The number of nitrogens with two attached hydrogens (primary N) is 1. The fraction of sp³-hybridized carbons (Fsp3) is 0.278. The predicted molar refractivity (Wildman–Crippen MR) is 105 cm³/mol. The molecule has 0 aromatic carbocycles. The van der Waals surface area contributed by atoms with Crippen LogP contribution in [-0.4, -0.2) is 38.4 Å². The first kappa shape index (κ1) is 18.7. The number of rotatable bonds is 5. The first-order valence-electron chi connectivity index (χ1n) is 8.13. The molecule has 8 nitrogen and oxygen atoms in total. The van der Waals surface area contributed by atoms with E-state index >= 15 is 0 Å². The Kier molecular flexibility index (Phi) is 5.57. The van der Waals surface area contributed by atoms with Crippen LogP contribution in [-0.2, 0) is 5.54 Å². The summed E-state index contributed by atoms with van der Waals surface area (Å²) in [6.45, 7) is 2.09. The van der Waals surface area contributed by atoms with Crippen LogP contribution >= 0.6 is 11.8 Å². The van der Waals surface area contributed by atoms with Gasteiger partial charge in [-0.15, -0.1) is 6.42 Å². The Morgan fingerprint density at radius 1 is 1.41 bits per heavy atom. The number of nitrogens with zero attached hydrogens (tertiary/aromatic N) is 4. The molecule has 0 aliphatic carbocycles. The van der Waals surface area contributed by atoms with E-state index in [2.05, 4.69) is 31.2 Å². The number of ether oxygens (including phenoxy) is 1. The largest absolute Gasteiger partial charge is 0.463 e. The van der Waals surface area contributed by atoms with Crippen molar-refractivity contribution in [1.82, 2.24) is 15.0 Å². The van der Waals surface area contributed by atoms with Crippen LogP contribution in [0.2, 0.25) is 0 Å². The highest BCUT2D eigenvalue weighted by Crippen LogP contribution is 2.35. The maximum atomic E-state index is 12.4. The molecule has 3 rings (SSSR count). The van der Waals surface area contributed by atoms with E-state index in [1.807, 2.05) is 13.0 Å². The summed E-state index contributed by atoms with van der Waals surface area (Å²) in [6, 6.07) is 1.84. The number of hydrogen-bond donors (Lipinski definition) is 2. The van der Waals surface area contributed by atoms with Crippen LogP contribution in [0.4, 0.5) is 5.69 Å². The van der Waals surface area contributed by atoms with Crippen LogP contribution in [0.1, 0.15) is 29.4 Å². The Labute approximate surface area is 161 Å². The van der Waals surface area contributed by atoms with Crippen molar-refractivity contribution in [2.75, 3.05) is 17.7 Å². The molecule has 0 radical (unpaired) electrons. The van der Waals surface area contributed by atoms with Gasteiger partial charge < -0.3 is 15.8 Å². The summed E-state index contributed by atoms with van der Waals surface area (Å²) in [6.07, 6.45) is 11.9. The number of terminal acetylenes is 1. The topological polar surface area (TPSA) is 115 Å². The molecule has 0 spiro atoms. The van der Waals surface area contributed by atoms with Gasteiger partial charge in [0.2, 0.25) is 5.88 Å². The number of hydrogen-bond acceptors (Lipinski definition) is 8. The van der Waals surface area contributed by atoms with E-state index in [1.165, 1.54) is 24.2 Å². The minimum Gasteiger partial charge on any atom is -0.463 e. The molecule has 1 aliphatic heterocycles. The average Bonchev–Trinajstić information content (AvgIpc) is 2.67. The average molecular weight is 382 g/mol. The molecule has 1 aliphatic rings. The number of pyridine rings is 1. The molecule has 3 heterocycles. The molecule has 1 amide bonds. The molecule has 0 saturated heterocycles. The third kappa shape index (κ3) is 4.54. The number of nitrogens with one attached hydrogen (secondary N) is 1. The van der Waals surface area contributed by atoms with Gasteiger partial charge in [-0.2, -0.15) is 0 Å². The summed E-state index contributed by atoms with van der Waals surface area (Å²) >= 11 is 1.53. The lowest BCUT2D eigenvalue weighted by molar-refractivity contribution is 0.102. The zero-order chi connectivity index (χ0) is 19.3. The molecule has 9 heteroatoms. The molecule has 0 saturated carbocycles. The molecule has 2 aromatic rings. The quantitative estimate of drug-likeness (QED) is 0.758.